The van der Waals surface area contributed by atoms with Crippen LogP contribution in [0.3, 0.4) is 0 Å². The summed E-state index contributed by atoms with van der Waals surface area (Å²) >= 11 is 1.30. The van der Waals surface area contributed by atoms with Crippen LogP contribution in [0.1, 0.15) is 20.8 Å². The van der Waals surface area contributed by atoms with Gasteiger partial charge in [-0.25, -0.2) is 0 Å². The van der Waals surface area contributed by atoms with E-state index >= 15 is 0 Å². The van der Waals surface area contributed by atoms with Crippen molar-refractivity contribution in [3.8, 4) is 11.8 Å². The largest absolute Gasteiger partial charge is 0.346 e. The molecule has 2 aromatic heterocycles. The molecule has 4 nitrogen and oxygen atoms in total. The van der Waals surface area contributed by atoms with Crippen molar-refractivity contribution >= 4 is 27.8 Å². The number of aromatic nitrogens is 1. The van der Waals surface area contributed by atoms with Crippen LogP contribution in [0.4, 0.5) is 10.7 Å². The molecule has 5 heteroatoms. The minimum atomic E-state index is -0.0955. The highest BCUT2D eigenvalue weighted by atomic mass is 32.1. The number of nitrogens with one attached hydrogen (secondary N) is 1. The van der Waals surface area contributed by atoms with Gasteiger partial charge in [-0.3, -0.25) is 4.79 Å². The minimum Gasteiger partial charge on any atom is -0.346 e. The van der Waals surface area contributed by atoms with Crippen molar-refractivity contribution in [2.24, 2.45) is 0 Å². The van der Waals surface area contributed by atoms with Gasteiger partial charge in [0.05, 0.1) is 5.69 Å². The van der Waals surface area contributed by atoms with E-state index in [9.17, 15) is 10.1 Å². The summed E-state index contributed by atoms with van der Waals surface area (Å²) in [7, 11) is 0. The van der Waals surface area contributed by atoms with Gasteiger partial charge >= 0.3 is 0 Å². The second kappa shape index (κ2) is 7.32. The van der Waals surface area contributed by atoms with Crippen LogP contribution in [0.25, 0.3) is 5.69 Å². The van der Waals surface area contributed by atoms with Gasteiger partial charge in [-0.2, -0.15) is 5.26 Å². The molecule has 0 radical (unpaired) electrons. The fraction of sp³-hybridized carbons (Fsp3) is 0. The van der Waals surface area contributed by atoms with E-state index < -0.39 is 0 Å². The Morgan fingerprint density at radius 1 is 0.926 bits per heavy atom. The van der Waals surface area contributed by atoms with Crippen molar-refractivity contribution in [1.82, 2.24) is 4.57 Å². The average Bonchev–Trinajstić information content (AvgIpc) is 3.36. The summed E-state index contributed by atoms with van der Waals surface area (Å²) < 4.78 is 1.82. The van der Waals surface area contributed by atoms with E-state index in [2.05, 4.69) is 11.4 Å². The van der Waals surface area contributed by atoms with Gasteiger partial charge in [0.15, 0.2) is 0 Å². The quantitative estimate of drug-likeness (QED) is 0.480. The molecule has 0 bridgehead atoms. The van der Waals surface area contributed by atoms with E-state index in [1.165, 1.54) is 11.3 Å². The number of para-hydroxylation sites is 1. The molecule has 2 aromatic carbocycles. The molecule has 0 aliphatic rings. The molecule has 0 aliphatic heterocycles. The van der Waals surface area contributed by atoms with Gasteiger partial charge in [0, 0.05) is 23.6 Å². The molecule has 0 atom stereocenters. The van der Waals surface area contributed by atoms with Gasteiger partial charge in [-0.05, 0) is 24.3 Å². The highest BCUT2D eigenvalue weighted by Crippen LogP contribution is 2.38. The summed E-state index contributed by atoms with van der Waals surface area (Å²) in [5.41, 5.74) is 2.54. The number of carbonyl (C=O) groups excluding carboxylic acids is 1. The molecule has 27 heavy (non-hydrogen) atoms. The standard InChI is InChI=1S/C22H15N3OS/c23-15-18-19(25-13-7-8-14-25)21(20(26)16-9-3-1-4-10-16)27-22(18)24-17-11-5-2-6-12-17/h1-14,24H. The van der Waals surface area contributed by atoms with Crippen molar-refractivity contribution in [2.45, 2.75) is 0 Å². The van der Waals surface area contributed by atoms with Crippen molar-refractivity contribution in [2.75, 3.05) is 5.32 Å². The molecule has 1 N–H and O–H groups in total. The van der Waals surface area contributed by atoms with Crippen molar-refractivity contribution in [3.05, 3.63) is 101 Å². The van der Waals surface area contributed by atoms with Gasteiger partial charge in [0.25, 0.3) is 0 Å². The highest BCUT2D eigenvalue weighted by molar-refractivity contribution is 7.19. The van der Waals surface area contributed by atoms with Crippen LogP contribution in [-0.2, 0) is 0 Å². The van der Waals surface area contributed by atoms with E-state index in [0.717, 1.165) is 5.69 Å². The summed E-state index contributed by atoms with van der Waals surface area (Å²) in [5, 5.41) is 13.8. The van der Waals surface area contributed by atoms with Crippen LogP contribution >= 0.6 is 11.3 Å². The number of benzene rings is 2. The predicted octanol–water partition coefficient (Wildman–Crippen LogP) is 5.39. The first-order chi connectivity index (χ1) is 13.3. The highest BCUT2D eigenvalue weighted by Gasteiger charge is 2.25. The number of hydrogen-bond donors (Lipinski definition) is 1. The van der Waals surface area contributed by atoms with E-state index in [1.54, 1.807) is 12.1 Å². The molecule has 4 rings (SSSR count). The summed E-state index contributed by atoms with van der Waals surface area (Å²) in [6.45, 7) is 0. The first-order valence-electron chi connectivity index (χ1n) is 8.40. The van der Waals surface area contributed by atoms with Crippen LogP contribution in [0, 0.1) is 11.3 Å². The second-order valence-electron chi connectivity index (χ2n) is 5.87. The predicted molar refractivity (Wildman–Crippen MR) is 108 cm³/mol. The fourth-order valence-corrected chi connectivity index (χ4v) is 4.00. The van der Waals surface area contributed by atoms with Crippen LogP contribution in [-0.4, -0.2) is 10.4 Å². The summed E-state index contributed by atoms with van der Waals surface area (Å²) in [5.74, 6) is -0.0955. The van der Waals surface area contributed by atoms with Gasteiger partial charge < -0.3 is 9.88 Å². The van der Waals surface area contributed by atoms with Crippen molar-refractivity contribution < 1.29 is 4.79 Å². The van der Waals surface area contributed by atoms with Gasteiger partial charge in [-0.15, -0.1) is 11.3 Å². The Morgan fingerprint density at radius 3 is 2.19 bits per heavy atom. The zero-order chi connectivity index (χ0) is 18.6. The van der Waals surface area contributed by atoms with Crippen LogP contribution < -0.4 is 5.32 Å². The maximum atomic E-state index is 13.2. The number of thiophene rings is 1. The first kappa shape index (κ1) is 16.8. The Hall–Kier alpha value is -3.62. The number of carbonyl (C=O) groups is 1. The first-order valence-corrected chi connectivity index (χ1v) is 9.21. The van der Waals surface area contributed by atoms with E-state index in [-0.39, 0.29) is 5.78 Å². The fourth-order valence-electron chi connectivity index (χ4n) is 2.87. The normalized spacial score (nSPS) is 10.3. The average molecular weight is 369 g/mol. The Balaban J connectivity index is 1.87. The summed E-state index contributed by atoms with van der Waals surface area (Å²) in [6.07, 6.45) is 3.69. The lowest BCUT2D eigenvalue weighted by Crippen LogP contribution is -2.04. The van der Waals surface area contributed by atoms with Crippen LogP contribution in [0.5, 0.6) is 0 Å². The summed E-state index contributed by atoms with van der Waals surface area (Å²) in [4.78, 5) is 13.7. The minimum absolute atomic E-state index is 0.0955. The molecule has 0 saturated heterocycles. The maximum absolute atomic E-state index is 13.2. The molecule has 0 saturated carbocycles. The third-order valence-electron chi connectivity index (χ3n) is 4.13. The maximum Gasteiger partial charge on any atom is 0.205 e. The lowest BCUT2D eigenvalue weighted by Gasteiger charge is -2.06. The van der Waals surface area contributed by atoms with Gasteiger partial charge in [0.1, 0.15) is 21.5 Å². The molecule has 2 heterocycles. The molecule has 0 amide bonds. The number of hydrogen-bond acceptors (Lipinski definition) is 4. The lowest BCUT2D eigenvalue weighted by atomic mass is 10.1. The zero-order valence-electron chi connectivity index (χ0n) is 14.3. The molecule has 130 valence electrons. The van der Waals surface area contributed by atoms with Gasteiger partial charge in [0.2, 0.25) is 5.78 Å². The summed E-state index contributed by atoms with van der Waals surface area (Å²) in [6, 6.07) is 24.8. The van der Waals surface area contributed by atoms with Crippen molar-refractivity contribution in [1.29, 1.82) is 5.26 Å². The van der Waals surface area contributed by atoms with Crippen LogP contribution in [0.2, 0.25) is 0 Å². The van der Waals surface area contributed by atoms with E-state index in [0.29, 0.717) is 26.7 Å². The number of nitrogens with zero attached hydrogens (tertiary/aromatic N) is 2. The SMILES string of the molecule is N#Cc1c(Nc2ccccc2)sc(C(=O)c2ccccc2)c1-n1cccc1. The molecular formula is C22H15N3OS. The van der Waals surface area contributed by atoms with E-state index in [1.807, 2.05) is 77.6 Å². The number of anilines is 2. The molecule has 0 spiro atoms. The number of ketones is 1. The smallest absolute Gasteiger partial charge is 0.205 e. The molecule has 0 unspecified atom stereocenters. The Kier molecular flexibility index (Phi) is 4.56. The zero-order valence-corrected chi connectivity index (χ0v) is 15.1. The second-order valence-corrected chi connectivity index (χ2v) is 6.89. The third-order valence-corrected chi connectivity index (χ3v) is 5.22. The van der Waals surface area contributed by atoms with Crippen LogP contribution in [0.15, 0.2) is 85.2 Å². The molecule has 0 aliphatic carbocycles. The Morgan fingerprint density at radius 2 is 1.56 bits per heavy atom. The van der Waals surface area contributed by atoms with E-state index in [4.69, 9.17) is 0 Å². The monoisotopic (exact) mass is 369 g/mol. The lowest BCUT2D eigenvalue weighted by molar-refractivity contribution is 0.104. The number of rotatable bonds is 5. The number of nitriles is 1. The molecule has 0 fully saturated rings. The Labute approximate surface area is 160 Å². The molecule has 4 aromatic rings. The third kappa shape index (κ3) is 3.26. The Bertz CT molecular complexity index is 1110. The topological polar surface area (TPSA) is 57.8 Å². The van der Waals surface area contributed by atoms with Crippen molar-refractivity contribution in [3.63, 3.8) is 0 Å². The molecular weight excluding hydrogens is 354 g/mol. The van der Waals surface area contributed by atoms with Gasteiger partial charge in [-0.1, -0.05) is 48.5 Å².